The summed E-state index contributed by atoms with van der Waals surface area (Å²) in [6.07, 6.45) is 14.0. The van der Waals surface area contributed by atoms with Gasteiger partial charge in [-0.3, -0.25) is 0 Å². The highest BCUT2D eigenvalue weighted by Crippen LogP contribution is 2.23. The average molecular weight is 541 g/mol. The maximum atomic E-state index is 6.19. The predicted molar refractivity (Wildman–Crippen MR) is 177 cm³/mol. The van der Waals surface area contributed by atoms with Crippen LogP contribution in [0.2, 0.25) is 0 Å². The molecule has 1 aliphatic rings. The summed E-state index contributed by atoms with van der Waals surface area (Å²) in [6, 6.07) is 15.6. The molecule has 0 heterocycles. The molecule has 3 heteroatoms. The molecule has 0 fully saturated rings. The van der Waals surface area contributed by atoms with Crippen molar-refractivity contribution in [3.05, 3.63) is 82.9 Å². The Hall–Kier alpha value is -1.47. The van der Waals surface area contributed by atoms with Crippen LogP contribution in [0.3, 0.4) is 0 Å². The quantitative estimate of drug-likeness (QED) is 0.272. The molecule has 2 aromatic rings. The van der Waals surface area contributed by atoms with Crippen molar-refractivity contribution in [1.29, 1.82) is 0 Å². The zero-order valence-electron chi connectivity index (χ0n) is 26.2. The molecule has 216 valence electrons. The van der Waals surface area contributed by atoms with Crippen LogP contribution in [0, 0.1) is 19.3 Å². The van der Waals surface area contributed by atoms with Crippen molar-refractivity contribution >= 4 is 9.24 Å². The van der Waals surface area contributed by atoms with Gasteiger partial charge in [-0.1, -0.05) is 88.2 Å². The summed E-state index contributed by atoms with van der Waals surface area (Å²) in [6.45, 7) is 20.9. The minimum Gasteiger partial charge on any atom is -0.325 e. The number of hydrogen-bond donors (Lipinski definition) is 2. The third-order valence-corrected chi connectivity index (χ3v) is 7.11. The summed E-state index contributed by atoms with van der Waals surface area (Å²) in [4.78, 5) is 0. The van der Waals surface area contributed by atoms with E-state index in [-0.39, 0.29) is 11.6 Å². The molecule has 0 radical (unpaired) electrons. The standard InChI is InChI=1S/C13H22NP.C11H14.C7H16.C4H9N/c1-11-3-5-12(6-4-11)7-8-13(2,14)9-10-15;1-9-5-4-7-10-6-2-3-8-11(9)10;1-5-6-7(2,3)4;1-3-4(2)5/h3-6H,7-10,14-15H2,1-2H3;4-5,7H,2-3,6,8H2,1H3;5-6H2,1-4H3;3-4H,1,5H2,2H3. The second kappa shape index (κ2) is 19.6. The summed E-state index contributed by atoms with van der Waals surface area (Å²) in [5, 5.41) is 0. The molecule has 0 aromatic heterocycles. The normalized spacial score (nSPS) is 14.6. The van der Waals surface area contributed by atoms with Gasteiger partial charge in [0, 0.05) is 11.6 Å². The van der Waals surface area contributed by atoms with Crippen molar-refractivity contribution in [3.8, 4) is 0 Å². The van der Waals surface area contributed by atoms with Crippen molar-refractivity contribution < 1.29 is 0 Å². The van der Waals surface area contributed by atoms with Gasteiger partial charge in [0.25, 0.3) is 0 Å². The maximum absolute atomic E-state index is 6.19. The third-order valence-electron chi connectivity index (χ3n) is 6.82. The van der Waals surface area contributed by atoms with Gasteiger partial charge in [-0.2, -0.15) is 0 Å². The van der Waals surface area contributed by atoms with Crippen molar-refractivity contribution in [2.24, 2.45) is 16.9 Å². The Bertz CT molecular complexity index is 876. The highest BCUT2D eigenvalue weighted by atomic mass is 31.0. The molecule has 4 N–H and O–H groups in total. The van der Waals surface area contributed by atoms with Crippen LogP contribution < -0.4 is 11.5 Å². The Morgan fingerprint density at radius 2 is 1.53 bits per heavy atom. The lowest BCUT2D eigenvalue weighted by molar-refractivity contribution is 0.373. The van der Waals surface area contributed by atoms with E-state index in [0.29, 0.717) is 5.41 Å². The first-order valence-corrected chi connectivity index (χ1v) is 15.6. The van der Waals surface area contributed by atoms with E-state index in [1.165, 1.54) is 55.2 Å². The van der Waals surface area contributed by atoms with Crippen LogP contribution in [-0.2, 0) is 19.3 Å². The minimum absolute atomic E-state index is 0.0212. The molecule has 0 spiro atoms. The van der Waals surface area contributed by atoms with Crippen LogP contribution in [0.15, 0.2) is 55.1 Å². The van der Waals surface area contributed by atoms with E-state index in [4.69, 9.17) is 11.5 Å². The predicted octanol–water partition coefficient (Wildman–Crippen LogP) is 9.14. The first-order valence-electron chi connectivity index (χ1n) is 14.7. The Morgan fingerprint density at radius 1 is 0.947 bits per heavy atom. The van der Waals surface area contributed by atoms with Gasteiger partial charge in [-0.25, -0.2) is 0 Å². The van der Waals surface area contributed by atoms with Gasteiger partial charge >= 0.3 is 0 Å². The number of fused-ring (bicyclic) bond motifs is 1. The molecule has 0 amide bonds. The first-order chi connectivity index (χ1) is 17.7. The molecule has 0 saturated heterocycles. The van der Waals surface area contributed by atoms with E-state index in [9.17, 15) is 0 Å². The molecule has 0 saturated carbocycles. The summed E-state index contributed by atoms with van der Waals surface area (Å²) < 4.78 is 0. The van der Waals surface area contributed by atoms with Gasteiger partial charge in [0.1, 0.15) is 0 Å². The van der Waals surface area contributed by atoms with Gasteiger partial charge in [-0.15, -0.1) is 15.8 Å². The molecular formula is C35H61N2P. The van der Waals surface area contributed by atoms with E-state index in [1.54, 1.807) is 17.2 Å². The molecule has 2 nitrogen and oxygen atoms in total. The van der Waals surface area contributed by atoms with Gasteiger partial charge in [0.05, 0.1) is 0 Å². The fourth-order valence-corrected chi connectivity index (χ4v) is 5.02. The van der Waals surface area contributed by atoms with Crippen molar-refractivity contribution in [3.63, 3.8) is 0 Å². The lowest BCUT2D eigenvalue weighted by atomic mass is 9.89. The molecule has 2 aromatic carbocycles. The SMILES string of the molecule is C=CC(C)N.CCCC(C)(C)C.Cc1ccc(CCC(C)(N)CCP)cc1.Cc1cccc2c1CCCC2. The second-order valence-corrected chi connectivity index (χ2v) is 13.1. The van der Waals surface area contributed by atoms with E-state index >= 15 is 0 Å². The Labute approximate surface area is 239 Å². The number of aryl methyl sites for hydroxylation is 4. The summed E-state index contributed by atoms with van der Waals surface area (Å²) in [5.41, 5.74) is 19.3. The number of hydrogen-bond acceptors (Lipinski definition) is 2. The number of rotatable bonds is 7. The molecule has 3 rings (SSSR count). The van der Waals surface area contributed by atoms with Crippen LogP contribution >= 0.6 is 9.24 Å². The van der Waals surface area contributed by atoms with Crippen LogP contribution in [0.25, 0.3) is 0 Å². The first kappa shape index (κ1) is 36.5. The van der Waals surface area contributed by atoms with Crippen molar-refractivity contribution in [2.75, 3.05) is 6.16 Å². The Kier molecular flexibility index (Phi) is 18.8. The van der Waals surface area contributed by atoms with Crippen LogP contribution in [0.4, 0.5) is 0 Å². The molecule has 38 heavy (non-hydrogen) atoms. The zero-order chi connectivity index (χ0) is 29.2. The highest BCUT2D eigenvalue weighted by molar-refractivity contribution is 7.16. The van der Waals surface area contributed by atoms with Crippen molar-refractivity contribution in [1.82, 2.24) is 0 Å². The molecule has 0 bridgehead atoms. The highest BCUT2D eigenvalue weighted by Gasteiger charge is 2.16. The van der Waals surface area contributed by atoms with Crippen LogP contribution in [0.5, 0.6) is 0 Å². The summed E-state index contributed by atoms with van der Waals surface area (Å²) >= 11 is 0. The minimum atomic E-state index is -0.0212. The number of benzene rings is 2. The molecular weight excluding hydrogens is 479 g/mol. The van der Waals surface area contributed by atoms with E-state index in [1.807, 2.05) is 6.92 Å². The van der Waals surface area contributed by atoms with Gasteiger partial charge in [0.15, 0.2) is 0 Å². The van der Waals surface area contributed by atoms with E-state index < -0.39 is 0 Å². The molecule has 3 atom stereocenters. The van der Waals surface area contributed by atoms with Gasteiger partial charge in [0.2, 0.25) is 0 Å². The molecule has 0 aliphatic heterocycles. The monoisotopic (exact) mass is 540 g/mol. The third kappa shape index (κ3) is 18.7. The van der Waals surface area contributed by atoms with Gasteiger partial charge in [-0.05, 0) is 113 Å². The fraction of sp³-hybridized carbons (Fsp3) is 0.600. The summed E-state index contributed by atoms with van der Waals surface area (Å²) in [5.74, 6) is 0. The van der Waals surface area contributed by atoms with Gasteiger partial charge < -0.3 is 11.5 Å². The molecule has 3 unspecified atom stereocenters. The van der Waals surface area contributed by atoms with E-state index in [0.717, 1.165) is 25.4 Å². The lowest BCUT2D eigenvalue weighted by Gasteiger charge is -2.23. The largest absolute Gasteiger partial charge is 0.325 e. The number of nitrogens with two attached hydrogens (primary N) is 2. The van der Waals surface area contributed by atoms with Crippen LogP contribution in [-0.4, -0.2) is 17.7 Å². The average Bonchev–Trinajstić information content (AvgIpc) is 2.84. The van der Waals surface area contributed by atoms with E-state index in [2.05, 4.69) is 107 Å². The molecule has 1 aliphatic carbocycles. The lowest BCUT2D eigenvalue weighted by Crippen LogP contribution is -2.36. The smallest absolute Gasteiger partial charge is 0.0192 e. The second-order valence-electron chi connectivity index (χ2n) is 12.5. The Morgan fingerprint density at radius 3 is 1.97 bits per heavy atom. The van der Waals surface area contributed by atoms with Crippen molar-refractivity contribution in [2.45, 2.75) is 125 Å². The topological polar surface area (TPSA) is 52.0 Å². The van der Waals surface area contributed by atoms with Crippen LogP contribution in [0.1, 0.15) is 108 Å². The zero-order valence-corrected chi connectivity index (χ0v) is 27.4. The Balaban J connectivity index is 0.000000522. The maximum Gasteiger partial charge on any atom is 0.0192 e. The summed E-state index contributed by atoms with van der Waals surface area (Å²) in [7, 11) is 2.75. The fourth-order valence-electron chi connectivity index (χ4n) is 4.36.